The summed E-state index contributed by atoms with van der Waals surface area (Å²) in [6, 6.07) is 0.852. The smallest absolute Gasteiger partial charge is 0.418 e. The number of halogens is 6. The van der Waals surface area contributed by atoms with E-state index in [1.807, 2.05) is 0 Å². The van der Waals surface area contributed by atoms with Gasteiger partial charge in [0.15, 0.2) is 0 Å². The van der Waals surface area contributed by atoms with Crippen LogP contribution in [0, 0.1) is 6.92 Å². The molecule has 0 aliphatic heterocycles. The van der Waals surface area contributed by atoms with Gasteiger partial charge in [-0.3, -0.25) is 5.32 Å². The molecule has 1 N–H and O–H groups in total. The van der Waals surface area contributed by atoms with Gasteiger partial charge in [-0.25, -0.2) is 4.79 Å². The van der Waals surface area contributed by atoms with Gasteiger partial charge in [-0.05, 0) is 25.1 Å². The highest BCUT2D eigenvalue weighted by Crippen LogP contribution is 2.39. The molecule has 0 aromatic heterocycles. The zero-order chi connectivity index (χ0) is 15.6. The van der Waals surface area contributed by atoms with Crippen LogP contribution in [0.1, 0.15) is 11.1 Å². The zero-order valence-corrected chi connectivity index (χ0v) is 9.73. The summed E-state index contributed by atoms with van der Waals surface area (Å²) in [5.74, 6) is 0. The second-order valence-corrected chi connectivity index (χ2v) is 3.52. The van der Waals surface area contributed by atoms with Gasteiger partial charge in [-0.15, -0.1) is 0 Å². The van der Waals surface area contributed by atoms with Gasteiger partial charge in [-0.2, -0.15) is 26.3 Å². The van der Waals surface area contributed by atoms with Crippen LogP contribution in [0.2, 0.25) is 0 Å². The normalized spacial score (nSPS) is 12.2. The molecule has 111 valence electrons. The van der Waals surface area contributed by atoms with E-state index in [4.69, 9.17) is 0 Å². The van der Waals surface area contributed by atoms with Gasteiger partial charge in [0.2, 0.25) is 0 Å². The van der Waals surface area contributed by atoms with Crippen molar-refractivity contribution in [2.75, 3.05) is 11.9 Å². The van der Waals surface area contributed by atoms with Crippen molar-refractivity contribution in [3.63, 3.8) is 0 Å². The molecule has 1 radical (unpaired) electrons. The van der Waals surface area contributed by atoms with Gasteiger partial charge in [0.25, 0.3) is 0 Å². The first-order valence-electron chi connectivity index (χ1n) is 5.07. The van der Waals surface area contributed by atoms with Crippen molar-refractivity contribution in [3.8, 4) is 0 Å². The van der Waals surface area contributed by atoms with E-state index in [0.29, 0.717) is 12.1 Å². The number of alkyl halides is 6. The van der Waals surface area contributed by atoms with E-state index in [1.54, 1.807) is 5.32 Å². The first-order valence-corrected chi connectivity index (χ1v) is 5.07. The standard InChI is InChI=1S/C11H8F6NO2/c1-2-20-9(19)18-8-4-3-6(10(12,13)14)5-7(8)11(15,16)17/h3-5H,1-2H2,(H,18,19). The van der Waals surface area contributed by atoms with Crippen LogP contribution in [-0.4, -0.2) is 12.7 Å². The Hall–Kier alpha value is -1.93. The van der Waals surface area contributed by atoms with E-state index in [2.05, 4.69) is 11.7 Å². The molecule has 0 bridgehead atoms. The third-order valence-corrected chi connectivity index (χ3v) is 2.12. The summed E-state index contributed by atoms with van der Waals surface area (Å²) in [5.41, 5.74) is -3.92. The predicted octanol–water partition coefficient (Wildman–Crippen LogP) is 4.11. The first-order chi connectivity index (χ1) is 9.05. The third kappa shape index (κ3) is 4.04. The number of ether oxygens (including phenoxy) is 1. The molecule has 0 fully saturated rings. The molecule has 0 atom stereocenters. The Bertz CT molecular complexity index is 495. The van der Waals surface area contributed by atoms with Gasteiger partial charge in [-0.1, -0.05) is 0 Å². The quantitative estimate of drug-likeness (QED) is 0.835. The maximum atomic E-state index is 12.7. The Morgan fingerprint density at radius 3 is 2.20 bits per heavy atom. The van der Waals surface area contributed by atoms with E-state index in [9.17, 15) is 31.1 Å². The maximum absolute atomic E-state index is 12.7. The van der Waals surface area contributed by atoms with E-state index < -0.39 is 35.3 Å². The fraction of sp³-hybridized carbons (Fsp3) is 0.273. The lowest BCUT2D eigenvalue weighted by atomic mass is 10.1. The van der Waals surface area contributed by atoms with Crippen molar-refractivity contribution in [3.05, 3.63) is 36.2 Å². The predicted molar refractivity (Wildman–Crippen MR) is 56.8 cm³/mol. The maximum Gasteiger partial charge on any atom is 0.418 e. The molecule has 1 aromatic rings. The van der Waals surface area contributed by atoms with Crippen LogP contribution in [-0.2, 0) is 17.1 Å². The third-order valence-electron chi connectivity index (χ3n) is 2.12. The summed E-state index contributed by atoms with van der Waals surface area (Å²) < 4.78 is 79.5. The molecule has 0 saturated heterocycles. The van der Waals surface area contributed by atoms with Gasteiger partial charge in [0, 0.05) is 0 Å². The monoisotopic (exact) mass is 300 g/mol. The van der Waals surface area contributed by atoms with Crippen LogP contribution < -0.4 is 5.32 Å². The van der Waals surface area contributed by atoms with Crippen LogP contribution in [0.4, 0.5) is 36.8 Å². The second kappa shape index (κ2) is 5.59. The molecule has 0 saturated carbocycles. The molecule has 1 amide bonds. The van der Waals surface area contributed by atoms with Crippen LogP contribution in [0.5, 0.6) is 0 Å². The summed E-state index contributed by atoms with van der Waals surface area (Å²) >= 11 is 0. The Morgan fingerprint density at radius 2 is 1.75 bits per heavy atom. The zero-order valence-electron chi connectivity index (χ0n) is 9.73. The van der Waals surface area contributed by atoms with Crippen LogP contribution in [0.3, 0.4) is 0 Å². The highest BCUT2D eigenvalue weighted by molar-refractivity contribution is 5.86. The van der Waals surface area contributed by atoms with E-state index in [-0.39, 0.29) is 12.7 Å². The first kappa shape index (κ1) is 16.1. The number of carbonyl (C=O) groups is 1. The topological polar surface area (TPSA) is 38.3 Å². The number of rotatable bonds is 2. The number of amides is 1. The number of hydrogen-bond acceptors (Lipinski definition) is 2. The Balaban J connectivity index is 3.21. The summed E-state index contributed by atoms with van der Waals surface area (Å²) in [7, 11) is 0. The van der Waals surface area contributed by atoms with Crippen molar-refractivity contribution in [2.24, 2.45) is 0 Å². The molecule has 0 aliphatic carbocycles. The SMILES string of the molecule is [CH2]COC(=O)Nc1ccc(C(F)(F)F)cc1C(F)(F)F. The van der Waals surface area contributed by atoms with Gasteiger partial charge in [0.05, 0.1) is 23.4 Å². The molecule has 0 heterocycles. The number of anilines is 1. The molecule has 0 spiro atoms. The molecule has 9 heteroatoms. The van der Waals surface area contributed by atoms with Crippen molar-refractivity contribution in [1.29, 1.82) is 0 Å². The Kier molecular flexibility index (Phi) is 4.51. The molecule has 1 aromatic carbocycles. The molecular formula is C11H8F6NO2. The highest BCUT2D eigenvalue weighted by atomic mass is 19.4. The molecular weight excluding hydrogens is 292 g/mol. The van der Waals surface area contributed by atoms with E-state index in [0.717, 1.165) is 0 Å². The average molecular weight is 300 g/mol. The lowest BCUT2D eigenvalue weighted by Crippen LogP contribution is -2.18. The molecule has 20 heavy (non-hydrogen) atoms. The molecule has 0 unspecified atom stereocenters. The Morgan fingerprint density at radius 1 is 1.15 bits per heavy atom. The Labute approximate surface area is 109 Å². The molecule has 0 aliphatic rings. The summed E-state index contributed by atoms with van der Waals surface area (Å²) in [6.45, 7) is 2.79. The van der Waals surface area contributed by atoms with Crippen molar-refractivity contribution in [2.45, 2.75) is 12.4 Å². The number of benzene rings is 1. The van der Waals surface area contributed by atoms with Crippen LogP contribution >= 0.6 is 0 Å². The van der Waals surface area contributed by atoms with Gasteiger partial charge >= 0.3 is 18.4 Å². The minimum atomic E-state index is -5.06. The summed E-state index contributed by atoms with van der Waals surface area (Å²) in [5, 5.41) is 1.71. The van der Waals surface area contributed by atoms with Crippen LogP contribution in [0.15, 0.2) is 18.2 Å². The van der Waals surface area contributed by atoms with Crippen LogP contribution in [0.25, 0.3) is 0 Å². The van der Waals surface area contributed by atoms with E-state index >= 15 is 0 Å². The van der Waals surface area contributed by atoms with Crippen molar-refractivity contribution < 1.29 is 35.9 Å². The van der Waals surface area contributed by atoms with Crippen molar-refractivity contribution >= 4 is 11.8 Å². The molecule has 1 rings (SSSR count). The minimum Gasteiger partial charge on any atom is -0.449 e. The number of nitrogens with one attached hydrogen (secondary N) is 1. The summed E-state index contributed by atoms with van der Waals surface area (Å²) in [4.78, 5) is 11.0. The average Bonchev–Trinajstić information content (AvgIpc) is 2.26. The second-order valence-electron chi connectivity index (χ2n) is 3.52. The number of hydrogen-bond donors (Lipinski definition) is 1. The summed E-state index contributed by atoms with van der Waals surface area (Å²) in [6.07, 6.45) is -11.2. The van der Waals surface area contributed by atoms with E-state index in [1.165, 1.54) is 0 Å². The minimum absolute atomic E-state index is 0.0835. The number of carbonyl (C=O) groups excluding carboxylic acids is 1. The van der Waals surface area contributed by atoms with Crippen molar-refractivity contribution in [1.82, 2.24) is 0 Å². The largest absolute Gasteiger partial charge is 0.449 e. The lowest BCUT2D eigenvalue weighted by molar-refractivity contribution is -0.142. The highest BCUT2D eigenvalue weighted by Gasteiger charge is 2.38. The fourth-order valence-electron chi connectivity index (χ4n) is 1.30. The fourth-order valence-corrected chi connectivity index (χ4v) is 1.30. The van der Waals surface area contributed by atoms with Gasteiger partial charge < -0.3 is 4.74 Å². The van der Waals surface area contributed by atoms with Gasteiger partial charge in [0.1, 0.15) is 0 Å². The molecule has 3 nitrogen and oxygen atoms in total. The lowest BCUT2D eigenvalue weighted by Gasteiger charge is -2.16.